The number of hydrogen-bond acceptors (Lipinski definition) is 8. The number of aryl methyl sites for hydroxylation is 1. The molecule has 1 N–H and O–H groups in total. The molecule has 170 valence electrons. The summed E-state index contributed by atoms with van der Waals surface area (Å²) in [6, 6.07) is 7.12. The number of nitrogens with one attached hydrogen (secondary N) is 1. The van der Waals surface area contributed by atoms with Crippen LogP contribution in [0.15, 0.2) is 29.4 Å². The fourth-order valence-electron chi connectivity index (χ4n) is 2.96. The molecule has 8 nitrogen and oxygen atoms in total. The Kier molecular flexibility index (Phi) is 7.81. The third-order valence-electron chi connectivity index (χ3n) is 4.70. The van der Waals surface area contributed by atoms with E-state index in [-0.39, 0.29) is 17.8 Å². The minimum atomic E-state index is -0.471. The Balaban J connectivity index is 1.63. The van der Waals surface area contributed by atoms with Gasteiger partial charge in [0.2, 0.25) is 5.91 Å². The Morgan fingerprint density at radius 3 is 2.75 bits per heavy atom. The number of esters is 1. The number of rotatable bonds is 8. The van der Waals surface area contributed by atoms with Crippen LogP contribution in [0.5, 0.6) is 5.75 Å². The van der Waals surface area contributed by atoms with Crippen molar-refractivity contribution in [1.29, 1.82) is 0 Å². The van der Waals surface area contributed by atoms with E-state index in [9.17, 15) is 9.59 Å². The Labute approximate surface area is 199 Å². The van der Waals surface area contributed by atoms with Gasteiger partial charge in [-0.25, -0.2) is 4.79 Å². The number of hydrogen-bond donors (Lipinski definition) is 1. The fraction of sp³-hybridized carbons (Fsp3) is 0.333. The van der Waals surface area contributed by atoms with Crippen LogP contribution in [0.25, 0.3) is 0 Å². The molecule has 0 aliphatic rings. The molecule has 0 fully saturated rings. The maximum absolute atomic E-state index is 12.5. The molecule has 11 heteroatoms. The van der Waals surface area contributed by atoms with Crippen molar-refractivity contribution in [2.24, 2.45) is 7.05 Å². The molecule has 1 atom stereocenters. The van der Waals surface area contributed by atoms with E-state index >= 15 is 0 Å². The molecule has 0 saturated heterocycles. The van der Waals surface area contributed by atoms with Gasteiger partial charge >= 0.3 is 5.97 Å². The molecule has 1 aromatic carbocycles. The Bertz CT molecular complexity index is 1150. The first kappa shape index (κ1) is 24.1. The minimum absolute atomic E-state index is 0.103. The quantitative estimate of drug-likeness (QED) is 0.355. The minimum Gasteiger partial charge on any atom is -0.483 e. The Morgan fingerprint density at radius 2 is 2.06 bits per heavy atom. The number of thioether (sulfide) groups is 1. The number of benzene rings is 1. The summed E-state index contributed by atoms with van der Waals surface area (Å²) in [7, 11) is 3.13. The topological polar surface area (TPSA) is 95.3 Å². The molecule has 3 rings (SSSR count). The maximum atomic E-state index is 12.5. The molecule has 32 heavy (non-hydrogen) atoms. The monoisotopic (exact) mass is 494 g/mol. The summed E-state index contributed by atoms with van der Waals surface area (Å²) < 4.78 is 12.5. The van der Waals surface area contributed by atoms with E-state index in [1.54, 1.807) is 16.7 Å². The number of ether oxygens (including phenoxy) is 2. The number of aromatic nitrogens is 3. The summed E-state index contributed by atoms with van der Waals surface area (Å²) in [5.74, 6) is 0.622. The average molecular weight is 495 g/mol. The SMILES string of the molecule is COC(=O)c1c(NC(=O)CSc2nnc(C(C)Oc3cccc(Cl)c3)n2C)sc(C)c1C. The highest BCUT2D eigenvalue weighted by molar-refractivity contribution is 7.99. The van der Waals surface area contributed by atoms with Crippen molar-refractivity contribution >= 4 is 51.6 Å². The zero-order valence-electron chi connectivity index (χ0n) is 18.3. The van der Waals surface area contributed by atoms with Gasteiger partial charge in [0.25, 0.3) is 0 Å². The van der Waals surface area contributed by atoms with Crippen LogP contribution in [0.2, 0.25) is 5.02 Å². The lowest BCUT2D eigenvalue weighted by molar-refractivity contribution is -0.113. The van der Waals surface area contributed by atoms with Crippen molar-refractivity contribution in [3.05, 3.63) is 51.1 Å². The second-order valence-electron chi connectivity index (χ2n) is 6.93. The van der Waals surface area contributed by atoms with E-state index in [1.807, 2.05) is 40.0 Å². The number of nitrogens with zero attached hydrogens (tertiary/aromatic N) is 3. The van der Waals surface area contributed by atoms with E-state index in [0.29, 0.717) is 32.3 Å². The summed E-state index contributed by atoms with van der Waals surface area (Å²) in [6.45, 7) is 5.59. The number of methoxy groups -OCH3 is 1. The van der Waals surface area contributed by atoms with Gasteiger partial charge in [0, 0.05) is 16.9 Å². The summed E-state index contributed by atoms with van der Waals surface area (Å²) in [4.78, 5) is 25.5. The van der Waals surface area contributed by atoms with Crippen LogP contribution < -0.4 is 10.1 Å². The number of anilines is 1. The number of thiophene rings is 1. The molecule has 3 aromatic rings. The molecule has 2 heterocycles. The van der Waals surface area contributed by atoms with Gasteiger partial charge in [0.1, 0.15) is 10.8 Å². The highest BCUT2D eigenvalue weighted by Crippen LogP contribution is 2.33. The number of halogens is 1. The zero-order valence-corrected chi connectivity index (χ0v) is 20.7. The van der Waals surface area contributed by atoms with Crippen molar-refractivity contribution in [3.8, 4) is 5.75 Å². The van der Waals surface area contributed by atoms with Gasteiger partial charge in [-0.15, -0.1) is 21.5 Å². The Morgan fingerprint density at radius 1 is 1.31 bits per heavy atom. The van der Waals surface area contributed by atoms with Gasteiger partial charge in [0.05, 0.1) is 18.4 Å². The number of carbonyl (C=O) groups excluding carboxylic acids is 2. The maximum Gasteiger partial charge on any atom is 0.341 e. The third-order valence-corrected chi connectivity index (χ3v) is 7.08. The van der Waals surface area contributed by atoms with Gasteiger partial charge < -0.3 is 19.4 Å². The van der Waals surface area contributed by atoms with Gasteiger partial charge in [-0.3, -0.25) is 4.79 Å². The summed E-state index contributed by atoms with van der Waals surface area (Å²) >= 11 is 8.59. The summed E-state index contributed by atoms with van der Waals surface area (Å²) in [5, 5.41) is 12.8. The van der Waals surface area contributed by atoms with Crippen LogP contribution in [0.3, 0.4) is 0 Å². The molecule has 1 amide bonds. The van der Waals surface area contributed by atoms with Crippen molar-refractivity contribution in [2.75, 3.05) is 18.2 Å². The van der Waals surface area contributed by atoms with Crippen LogP contribution in [0.4, 0.5) is 5.00 Å². The highest BCUT2D eigenvalue weighted by atomic mass is 35.5. The third kappa shape index (κ3) is 5.43. The first-order chi connectivity index (χ1) is 15.2. The Hall–Kier alpha value is -2.56. The molecule has 0 bridgehead atoms. The fourth-order valence-corrected chi connectivity index (χ4v) is 4.92. The highest BCUT2D eigenvalue weighted by Gasteiger charge is 2.22. The number of carbonyl (C=O) groups is 2. The smallest absolute Gasteiger partial charge is 0.341 e. The second-order valence-corrected chi connectivity index (χ2v) is 9.54. The van der Waals surface area contributed by atoms with Crippen LogP contribution in [0.1, 0.15) is 39.7 Å². The molecule has 0 saturated carbocycles. The predicted molar refractivity (Wildman–Crippen MR) is 126 cm³/mol. The van der Waals surface area contributed by atoms with Crippen molar-refractivity contribution in [3.63, 3.8) is 0 Å². The lowest BCUT2D eigenvalue weighted by atomic mass is 10.1. The molecule has 0 radical (unpaired) electrons. The van der Waals surface area contributed by atoms with E-state index in [4.69, 9.17) is 21.1 Å². The standard InChI is InChI=1S/C21H23ClN4O4S2/c1-11-13(3)32-19(17(11)20(28)29-5)23-16(27)10-31-21-25-24-18(26(21)4)12(2)30-15-8-6-7-14(22)9-15/h6-9,12H,10H2,1-5H3,(H,23,27). The largest absolute Gasteiger partial charge is 0.483 e. The van der Waals surface area contributed by atoms with Gasteiger partial charge in [-0.1, -0.05) is 29.4 Å². The average Bonchev–Trinajstić information content (AvgIpc) is 3.25. The summed E-state index contributed by atoms with van der Waals surface area (Å²) in [6.07, 6.45) is -0.367. The first-order valence-electron chi connectivity index (χ1n) is 9.63. The van der Waals surface area contributed by atoms with Crippen LogP contribution in [0, 0.1) is 13.8 Å². The lowest BCUT2D eigenvalue weighted by Gasteiger charge is -2.14. The van der Waals surface area contributed by atoms with E-state index < -0.39 is 5.97 Å². The van der Waals surface area contributed by atoms with Crippen molar-refractivity contribution in [2.45, 2.75) is 32.0 Å². The first-order valence-corrected chi connectivity index (χ1v) is 11.8. The number of amides is 1. The predicted octanol–water partition coefficient (Wildman–Crippen LogP) is 4.80. The second kappa shape index (κ2) is 10.4. The molecular weight excluding hydrogens is 472 g/mol. The van der Waals surface area contributed by atoms with Gasteiger partial charge in [-0.05, 0) is 44.5 Å². The van der Waals surface area contributed by atoms with Crippen LogP contribution in [-0.4, -0.2) is 39.5 Å². The zero-order chi connectivity index (χ0) is 23.4. The van der Waals surface area contributed by atoms with Crippen LogP contribution in [-0.2, 0) is 16.6 Å². The molecule has 0 aliphatic carbocycles. The van der Waals surface area contributed by atoms with Crippen molar-refractivity contribution < 1.29 is 19.1 Å². The molecule has 2 aromatic heterocycles. The molecule has 1 unspecified atom stereocenters. The van der Waals surface area contributed by atoms with Gasteiger partial charge in [0.15, 0.2) is 17.1 Å². The van der Waals surface area contributed by atoms with Crippen LogP contribution >= 0.6 is 34.7 Å². The summed E-state index contributed by atoms with van der Waals surface area (Å²) in [5.41, 5.74) is 1.19. The molecule has 0 aliphatic heterocycles. The molecular formula is C21H23ClN4O4S2. The lowest BCUT2D eigenvalue weighted by Crippen LogP contribution is -2.16. The molecule has 0 spiro atoms. The van der Waals surface area contributed by atoms with E-state index in [1.165, 1.54) is 30.2 Å². The van der Waals surface area contributed by atoms with Gasteiger partial charge in [-0.2, -0.15) is 0 Å². The normalized spacial score (nSPS) is 11.8. The van der Waals surface area contributed by atoms with Crippen molar-refractivity contribution in [1.82, 2.24) is 14.8 Å². The van der Waals surface area contributed by atoms with E-state index in [2.05, 4.69) is 15.5 Å². The van der Waals surface area contributed by atoms with E-state index in [0.717, 1.165) is 10.4 Å².